The van der Waals surface area contributed by atoms with Gasteiger partial charge in [-0.25, -0.2) is 9.37 Å². The molecule has 3 rings (SSSR count). The maximum atomic E-state index is 13.2. The van der Waals surface area contributed by atoms with Gasteiger partial charge in [0.05, 0.1) is 10.2 Å². The average molecular weight is 272 g/mol. The summed E-state index contributed by atoms with van der Waals surface area (Å²) in [7, 11) is 0. The van der Waals surface area contributed by atoms with E-state index in [0.29, 0.717) is 6.54 Å². The van der Waals surface area contributed by atoms with E-state index < -0.39 is 0 Å². The summed E-state index contributed by atoms with van der Waals surface area (Å²) in [6.45, 7) is 0.633. The van der Waals surface area contributed by atoms with Gasteiger partial charge >= 0.3 is 0 Å². The van der Waals surface area contributed by atoms with Crippen molar-refractivity contribution in [1.82, 2.24) is 4.98 Å². The molecular formula is C15H13FN2S. The molecular weight excluding hydrogens is 259 g/mol. The molecule has 0 saturated heterocycles. The Bertz CT molecular complexity index is 721. The van der Waals surface area contributed by atoms with Gasteiger partial charge in [-0.15, -0.1) is 11.3 Å². The highest BCUT2D eigenvalue weighted by Crippen LogP contribution is 2.30. The number of benzene rings is 2. The molecule has 0 spiro atoms. The molecule has 0 unspecified atom stereocenters. The Morgan fingerprint density at radius 2 is 2.05 bits per heavy atom. The van der Waals surface area contributed by atoms with Crippen molar-refractivity contribution in [3.8, 4) is 10.6 Å². The van der Waals surface area contributed by atoms with E-state index in [1.807, 2.05) is 12.1 Å². The number of nitrogens with two attached hydrogens (primary N) is 1. The van der Waals surface area contributed by atoms with E-state index in [9.17, 15) is 4.39 Å². The molecule has 2 nitrogen and oxygen atoms in total. The van der Waals surface area contributed by atoms with E-state index >= 15 is 0 Å². The molecule has 3 aromatic rings. The van der Waals surface area contributed by atoms with E-state index in [1.54, 1.807) is 6.07 Å². The van der Waals surface area contributed by atoms with Gasteiger partial charge in [-0.05, 0) is 42.8 Å². The zero-order valence-electron chi connectivity index (χ0n) is 10.3. The highest BCUT2D eigenvalue weighted by molar-refractivity contribution is 7.21. The molecule has 0 aliphatic rings. The van der Waals surface area contributed by atoms with Crippen LogP contribution in [0.5, 0.6) is 0 Å². The van der Waals surface area contributed by atoms with Crippen molar-refractivity contribution in [3.05, 3.63) is 53.8 Å². The minimum Gasteiger partial charge on any atom is -0.330 e. The van der Waals surface area contributed by atoms with Gasteiger partial charge in [-0.3, -0.25) is 0 Å². The molecule has 0 radical (unpaired) electrons. The summed E-state index contributed by atoms with van der Waals surface area (Å²) in [4.78, 5) is 4.55. The Hall–Kier alpha value is -1.78. The maximum Gasteiger partial charge on any atom is 0.124 e. The lowest BCUT2D eigenvalue weighted by atomic mass is 10.1. The van der Waals surface area contributed by atoms with E-state index in [4.69, 9.17) is 5.73 Å². The van der Waals surface area contributed by atoms with E-state index in [0.717, 1.165) is 27.2 Å². The van der Waals surface area contributed by atoms with Gasteiger partial charge in [-0.2, -0.15) is 0 Å². The van der Waals surface area contributed by atoms with Gasteiger partial charge in [0.15, 0.2) is 0 Å². The summed E-state index contributed by atoms with van der Waals surface area (Å²) >= 11 is 1.51. The third-order valence-electron chi connectivity index (χ3n) is 2.96. The topological polar surface area (TPSA) is 38.9 Å². The molecule has 19 heavy (non-hydrogen) atoms. The molecule has 2 aromatic carbocycles. The second kappa shape index (κ2) is 5.07. The van der Waals surface area contributed by atoms with Crippen LogP contribution in [0.2, 0.25) is 0 Å². The average Bonchev–Trinajstić information content (AvgIpc) is 2.82. The Balaban J connectivity index is 2.05. The van der Waals surface area contributed by atoms with E-state index in [2.05, 4.69) is 17.1 Å². The number of rotatable bonds is 3. The first-order valence-corrected chi connectivity index (χ1v) is 6.93. The smallest absolute Gasteiger partial charge is 0.124 e. The van der Waals surface area contributed by atoms with Crippen LogP contribution in [0.15, 0.2) is 42.5 Å². The number of halogens is 1. The molecule has 0 atom stereocenters. The fourth-order valence-electron chi connectivity index (χ4n) is 2.05. The molecule has 0 aliphatic heterocycles. The summed E-state index contributed by atoms with van der Waals surface area (Å²) in [6, 6.07) is 12.9. The van der Waals surface area contributed by atoms with Crippen LogP contribution in [-0.2, 0) is 6.42 Å². The number of nitrogens with zero attached hydrogens (tertiary/aromatic N) is 1. The van der Waals surface area contributed by atoms with Crippen LogP contribution in [0.25, 0.3) is 20.8 Å². The van der Waals surface area contributed by atoms with Gasteiger partial charge in [0.25, 0.3) is 0 Å². The molecule has 2 N–H and O–H groups in total. The van der Waals surface area contributed by atoms with Gasteiger partial charge < -0.3 is 5.73 Å². The first-order valence-electron chi connectivity index (χ1n) is 6.12. The first kappa shape index (κ1) is 12.3. The molecule has 0 amide bonds. The predicted molar refractivity (Wildman–Crippen MR) is 77.8 cm³/mol. The lowest BCUT2D eigenvalue weighted by Crippen LogP contribution is -2.02. The van der Waals surface area contributed by atoms with Crippen LogP contribution in [-0.4, -0.2) is 11.5 Å². The standard InChI is InChI=1S/C15H13FN2S/c16-12-4-5-13-14(9-12)19-15(18-13)11-3-1-2-10(8-11)6-7-17/h1-5,8-9H,6-7,17H2. The van der Waals surface area contributed by atoms with Crippen molar-refractivity contribution in [2.45, 2.75) is 6.42 Å². The van der Waals surface area contributed by atoms with Crippen LogP contribution in [0.1, 0.15) is 5.56 Å². The minimum absolute atomic E-state index is 0.223. The molecule has 1 aromatic heterocycles. The molecule has 0 fully saturated rings. The molecule has 4 heteroatoms. The third kappa shape index (κ3) is 2.50. The second-order valence-electron chi connectivity index (χ2n) is 4.37. The normalized spacial score (nSPS) is 11.1. The van der Waals surface area contributed by atoms with Gasteiger partial charge in [0.2, 0.25) is 0 Å². The fourth-order valence-corrected chi connectivity index (χ4v) is 3.04. The minimum atomic E-state index is -0.223. The van der Waals surface area contributed by atoms with Crippen LogP contribution in [0.4, 0.5) is 4.39 Å². The van der Waals surface area contributed by atoms with Gasteiger partial charge in [0.1, 0.15) is 10.8 Å². The van der Waals surface area contributed by atoms with Crippen LogP contribution in [0, 0.1) is 5.82 Å². The molecule has 0 bridgehead atoms. The van der Waals surface area contributed by atoms with Gasteiger partial charge in [-0.1, -0.05) is 18.2 Å². The Labute approximate surface area is 114 Å². The Morgan fingerprint density at radius 1 is 1.16 bits per heavy atom. The largest absolute Gasteiger partial charge is 0.330 e. The lowest BCUT2D eigenvalue weighted by molar-refractivity contribution is 0.630. The Kier molecular flexibility index (Phi) is 3.27. The quantitative estimate of drug-likeness (QED) is 0.791. The zero-order chi connectivity index (χ0) is 13.2. The monoisotopic (exact) mass is 272 g/mol. The first-order chi connectivity index (χ1) is 9.26. The van der Waals surface area contributed by atoms with Crippen LogP contribution in [0.3, 0.4) is 0 Å². The molecule has 1 heterocycles. The number of hydrogen-bond donors (Lipinski definition) is 1. The van der Waals surface area contributed by atoms with Crippen molar-refractivity contribution in [2.24, 2.45) is 5.73 Å². The van der Waals surface area contributed by atoms with Crippen molar-refractivity contribution in [1.29, 1.82) is 0 Å². The zero-order valence-corrected chi connectivity index (χ0v) is 11.1. The second-order valence-corrected chi connectivity index (χ2v) is 5.40. The van der Waals surface area contributed by atoms with Crippen molar-refractivity contribution in [3.63, 3.8) is 0 Å². The highest BCUT2D eigenvalue weighted by Gasteiger charge is 2.07. The summed E-state index contributed by atoms with van der Waals surface area (Å²) in [5.41, 5.74) is 8.67. The summed E-state index contributed by atoms with van der Waals surface area (Å²) in [6.07, 6.45) is 0.855. The van der Waals surface area contributed by atoms with E-state index in [1.165, 1.54) is 29.0 Å². The number of aromatic nitrogens is 1. The van der Waals surface area contributed by atoms with Crippen molar-refractivity contribution in [2.75, 3.05) is 6.54 Å². The maximum absolute atomic E-state index is 13.2. The lowest BCUT2D eigenvalue weighted by Gasteiger charge is -2.01. The molecule has 96 valence electrons. The summed E-state index contributed by atoms with van der Waals surface area (Å²) in [5, 5.41) is 0.916. The summed E-state index contributed by atoms with van der Waals surface area (Å²) < 4.78 is 14.1. The highest BCUT2D eigenvalue weighted by atomic mass is 32.1. The fraction of sp³-hybridized carbons (Fsp3) is 0.133. The SMILES string of the molecule is NCCc1cccc(-c2nc3ccc(F)cc3s2)c1. The van der Waals surface area contributed by atoms with E-state index in [-0.39, 0.29) is 5.82 Å². The Morgan fingerprint density at radius 3 is 2.89 bits per heavy atom. The molecule has 0 aliphatic carbocycles. The van der Waals surface area contributed by atoms with Crippen LogP contribution < -0.4 is 5.73 Å². The van der Waals surface area contributed by atoms with Crippen molar-refractivity contribution < 1.29 is 4.39 Å². The van der Waals surface area contributed by atoms with Crippen LogP contribution >= 0.6 is 11.3 Å². The predicted octanol–water partition coefficient (Wildman–Crippen LogP) is 3.60. The van der Waals surface area contributed by atoms with Crippen molar-refractivity contribution >= 4 is 21.6 Å². The number of thiazole rings is 1. The third-order valence-corrected chi connectivity index (χ3v) is 4.02. The summed E-state index contributed by atoms with van der Waals surface area (Å²) in [5.74, 6) is -0.223. The number of hydrogen-bond acceptors (Lipinski definition) is 3. The van der Waals surface area contributed by atoms with Gasteiger partial charge in [0, 0.05) is 5.56 Å². The molecule has 0 saturated carbocycles. The number of fused-ring (bicyclic) bond motifs is 1.